The number of rotatable bonds is 3. The highest BCUT2D eigenvalue weighted by Crippen LogP contribution is 2.14. The summed E-state index contributed by atoms with van der Waals surface area (Å²) < 4.78 is 14.1. The molecule has 0 amide bonds. The Morgan fingerprint density at radius 1 is 1.67 bits per heavy atom. The largest absolute Gasteiger partial charge is 0.326 e. The first kappa shape index (κ1) is 11.6. The van der Waals surface area contributed by atoms with Gasteiger partial charge in [-0.2, -0.15) is 5.26 Å². The number of hydrogen-bond donors (Lipinski definition) is 2. The molecule has 1 aromatic carbocycles. The summed E-state index contributed by atoms with van der Waals surface area (Å²) in [6, 6.07) is 5.21. The lowest BCUT2D eigenvalue weighted by atomic mass is 10.1. The molecule has 0 aliphatic rings. The van der Waals surface area contributed by atoms with Crippen LogP contribution in [0.3, 0.4) is 0 Å². The van der Waals surface area contributed by atoms with Crippen molar-refractivity contribution >= 4 is 15.6 Å². The van der Waals surface area contributed by atoms with Crippen LogP contribution in [0.1, 0.15) is 11.1 Å². The fraction of sp³-hybridized carbons (Fsp3) is 0.200. The first-order valence-corrected chi connectivity index (χ1v) is 6.06. The number of hydrogen-bond acceptors (Lipinski definition) is 3. The molecule has 5 heteroatoms. The molecule has 0 aliphatic carbocycles. The fourth-order valence-electron chi connectivity index (χ4n) is 1.24. The first-order chi connectivity index (χ1) is 7.01. The van der Waals surface area contributed by atoms with E-state index in [0.29, 0.717) is 11.4 Å². The second-order valence-electron chi connectivity index (χ2n) is 3.18. The van der Waals surface area contributed by atoms with Crippen molar-refractivity contribution in [1.82, 2.24) is 4.72 Å². The molecule has 1 rings (SSSR count). The zero-order valence-electron chi connectivity index (χ0n) is 8.49. The van der Waals surface area contributed by atoms with E-state index in [-0.39, 0.29) is 0 Å². The van der Waals surface area contributed by atoms with Crippen LogP contribution in [0.2, 0.25) is 0 Å². The van der Waals surface area contributed by atoms with Gasteiger partial charge in [0.2, 0.25) is 0 Å². The predicted molar refractivity (Wildman–Crippen MR) is 61.3 cm³/mol. The molecule has 0 bridgehead atoms. The van der Waals surface area contributed by atoms with E-state index in [2.05, 4.69) is 10.6 Å². The molecule has 0 spiro atoms. The van der Waals surface area contributed by atoms with Crippen LogP contribution in [0.5, 0.6) is 0 Å². The average molecular weight is 223 g/mol. The van der Waals surface area contributed by atoms with Gasteiger partial charge in [0.05, 0.1) is 14.6 Å². The molecule has 0 saturated carbocycles. The molecule has 0 aliphatic heterocycles. The maximum absolute atomic E-state index is 11.9. The van der Waals surface area contributed by atoms with Gasteiger partial charge in [-0.1, -0.05) is 6.07 Å². The second kappa shape index (κ2) is 4.34. The highest BCUT2D eigenvalue weighted by molar-refractivity contribution is 7.98. The van der Waals surface area contributed by atoms with E-state index in [4.69, 9.17) is 11.0 Å². The summed E-state index contributed by atoms with van der Waals surface area (Å²) in [6.07, 6.45) is 1.64. The monoisotopic (exact) mass is 223 g/mol. The lowest BCUT2D eigenvalue weighted by Crippen LogP contribution is -2.18. The molecule has 0 aromatic heterocycles. The van der Waals surface area contributed by atoms with Gasteiger partial charge >= 0.3 is 0 Å². The number of aryl methyl sites for hydroxylation is 1. The van der Waals surface area contributed by atoms with Gasteiger partial charge in [-0.25, -0.2) is 8.93 Å². The predicted octanol–water partition coefficient (Wildman–Crippen LogP) is 0.515. The number of nitrogens with zero attached hydrogens (tertiary/aromatic N) is 1. The van der Waals surface area contributed by atoms with E-state index in [1.54, 1.807) is 24.4 Å². The Hall–Kier alpha value is -1.51. The zero-order chi connectivity index (χ0) is 11.5. The van der Waals surface area contributed by atoms with Crippen molar-refractivity contribution in [2.45, 2.75) is 18.4 Å². The molecule has 0 fully saturated rings. The molecule has 0 saturated heterocycles. The topological polar surface area (TPSA) is 78.9 Å². The molecule has 1 unspecified atom stereocenters. The van der Waals surface area contributed by atoms with Gasteiger partial charge in [0.25, 0.3) is 0 Å². The van der Waals surface area contributed by atoms with Gasteiger partial charge in [-0.05, 0) is 36.1 Å². The summed E-state index contributed by atoms with van der Waals surface area (Å²) in [7, 11) is -2.71. The van der Waals surface area contributed by atoms with Crippen molar-refractivity contribution in [3.63, 3.8) is 0 Å². The van der Waals surface area contributed by atoms with E-state index in [0.717, 1.165) is 11.1 Å². The minimum Gasteiger partial charge on any atom is -0.326 e. The molecule has 0 heterocycles. The highest BCUT2D eigenvalue weighted by Gasteiger charge is 2.07. The molecular formula is C10H13N3OS. The van der Waals surface area contributed by atoms with Gasteiger partial charge in [0.1, 0.15) is 0 Å². The summed E-state index contributed by atoms with van der Waals surface area (Å²) in [5.41, 5.74) is 7.46. The summed E-state index contributed by atoms with van der Waals surface area (Å²) in [4.78, 5) is 0.513. The molecular weight excluding hydrogens is 210 g/mol. The van der Waals surface area contributed by atoms with E-state index < -0.39 is 9.71 Å². The van der Waals surface area contributed by atoms with Gasteiger partial charge < -0.3 is 5.73 Å². The van der Waals surface area contributed by atoms with Crippen LogP contribution in [-0.4, -0.2) is 10.1 Å². The van der Waals surface area contributed by atoms with Crippen molar-refractivity contribution in [2.24, 2.45) is 5.73 Å². The van der Waals surface area contributed by atoms with Crippen LogP contribution in [0.4, 0.5) is 0 Å². The van der Waals surface area contributed by atoms with Gasteiger partial charge in [-0.15, -0.1) is 0 Å². The van der Waals surface area contributed by atoms with Crippen molar-refractivity contribution in [3.8, 4) is 6.19 Å². The molecule has 1 atom stereocenters. The van der Waals surface area contributed by atoms with Crippen LogP contribution in [-0.2, 0) is 16.3 Å². The Morgan fingerprint density at radius 3 is 2.80 bits per heavy atom. The van der Waals surface area contributed by atoms with Crippen LogP contribution in [0, 0.1) is 18.4 Å². The lowest BCUT2D eigenvalue weighted by molar-refractivity contribution is 0.678. The quantitative estimate of drug-likeness (QED) is 0.445. The lowest BCUT2D eigenvalue weighted by Gasteiger charge is -2.09. The first-order valence-electron chi connectivity index (χ1n) is 4.34. The normalized spacial score (nSPS) is 13.9. The highest BCUT2D eigenvalue weighted by atomic mass is 32.2. The SMILES string of the molecule is C=S(=O)(NC#N)c1ccc(CN)c(C)c1. The number of benzene rings is 1. The smallest absolute Gasteiger partial charge is 0.189 e. The molecule has 1 aromatic rings. The minimum absolute atomic E-state index is 0.441. The maximum atomic E-state index is 11.9. The fourth-order valence-corrected chi connectivity index (χ4v) is 2.16. The van der Waals surface area contributed by atoms with Crippen LogP contribution >= 0.6 is 0 Å². The summed E-state index contributed by atoms with van der Waals surface area (Å²) in [5, 5.41) is 8.43. The Morgan fingerprint density at radius 2 is 2.33 bits per heavy atom. The Bertz CT molecular complexity index is 500. The standard InChI is InChI=1S/C10H13N3OS/c1-8-5-10(4-3-9(8)6-11)15(2,14)13-7-12/h3-5H,2,6,11H2,1H3,(H,13,14). The molecule has 4 nitrogen and oxygen atoms in total. The van der Waals surface area contributed by atoms with Crippen molar-refractivity contribution in [3.05, 3.63) is 29.3 Å². The third-order valence-corrected chi connectivity index (χ3v) is 3.56. The van der Waals surface area contributed by atoms with Crippen molar-refractivity contribution in [1.29, 1.82) is 5.26 Å². The Labute approximate surface area is 89.9 Å². The Balaban J connectivity index is 3.20. The van der Waals surface area contributed by atoms with E-state index in [1.807, 2.05) is 6.92 Å². The number of nitriles is 1. The summed E-state index contributed by atoms with van der Waals surface area (Å²) in [5.74, 6) is 3.49. The van der Waals surface area contributed by atoms with Gasteiger partial charge in [0, 0.05) is 6.54 Å². The average Bonchev–Trinajstić information content (AvgIpc) is 2.17. The van der Waals surface area contributed by atoms with E-state index >= 15 is 0 Å². The summed E-state index contributed by atoms with van der Waals surface area (Å²) >= 11 is 0. The number of nitrogens with one attached hydrogen (secondary N) is 1. The molecule has 80 valence electrons. The third kappa shape index (κ3) is 2.49. The van der Waals surface area contributed by atoms with E-state index in [1.165, 1.54) is 0 Å². The van der Waals surface area contributed by atoms with Crippen LogP contribution < -0.4 is 10.5 Å². The van der Waals surface area contributed by atoms with E-state index in [9.17, 15) is 4.21 Å². The minimum atomic E-state index is -2.71. The van der Waals surface area contributed by atoms with Gasteiger partial charge in [0.15, 0.2) is 6.19 Å². The van der Waals surface area contributed by atoms with Crippen LogP contribution in [0.25, 0.3) is 0 Å². The molecule has 0 radical (unpaired) electrons. The van der Waals surface area contributed by atoms with Crippen molar-refractivity contribution in [2.75, 3.05) is 0 Å². The van der Waals surface area contributed by atoms with Gasteiger partial charge in [-0.3, -0.25) is 0 Å². The molecule has 15 heavy (non-hydrogen) atoms. The van der Waals surface area contributed by atoms with Crippen molar-refractivity contribution < 1.29 is 4.21 Å². The Kier molecular flexibility index (Phi) is 3.35. The van der Waals surface area contributed by atoms with Crippen LogP contribution in [0.15, 0.2) is 23.1 Å². The summed E-state index contributed by atoms with van der Waals surface area (Å²) in [6.45, 7) is 2.32. The number of nitrogens with two attached hydrogens (primary N) is 1. The third-order valence-electron chi connectivity index (χ3n) is 2.13. The molecule has 3 N–H and O–H groups in total. The zero-order valence-corrected chi connectivity index (χ0v) is 9.30. The second-order valence-corrected chi connectivity index (χ2v) is 5.21. The maximum Gasteiger partial charge on any atom is 0.189 e.